The Morgan fingerprint density at radius 3 is 1.71 bits per heavy atom. The summed E-state index contributed by atoms with van der Waals surface area (Å²) in [4.78, 5) is 71.8. The number of amides is 4. The topological polar surface area (TPSA) is 231 Å². The molecule has 200 valence electrons. The molecule has 0 fully saturated rings. The normalized spacial score (nSPS) is 14.3. The molecule has 0 aromatic carbocycles. The molecule has 4 atom stereocenters. The fourth-order valence-electron chi connectivity index (χ4n) is 3.02. The van der Waals surface area contributed by atoms with Gasteiger partial charge in [-0.25, -0.2) is 4.79 Å². The van der Waals surface area contributed by atoms with Crippen molar-refractivity contribution >= 4 is 47.3 Å². The van der Waals surface area contributed by atoms with E-state index in [0.29, 0.717) is 12.2 Å². The summed E-state index contributed by atoms with van der Waals surface area (Å²) in [7, 11) is 0. The van der Waals surface area contributed by atoms with Crippen LogP contribution in [-0.2, 0) is 28.8 Å². The van der Waals surface area contributed by atoms with Crippen molar-refractivity contribution in [1.29, 1.82) is 0 Å². The second-order valence-electron chi connectivity index (χ2n) is 8.48. The molecule has 0 radical (unpaired) electrons. The summed E-state index contributed by atoms with van der Waals surface area (Å²) in [5.74, 6) is -5.06. The van der Waals surface area contributed by atoms with Gasteiger partial charge < -0.3 is 37.6 Å². The van der Waals surface area contributed by atoms with Crippen LogP contribution in [0, 0.1) is 5.92 Å². The van der Waals surface area contributed by atoms with E-state index in [1.807, 2.05) is 13.8 Å². The highest BCUT2D eigenvalue weighted by molar-refractivity contribution is 7.98. The molecule has 0 bridgehead atoms. The predicted octanol–water partition coefficient (Wildman–Crippen LogP) is -1.22. The number of hydrogen-bond acceptors (Lipinski definition) is 8. The first-order chi connectivity index (χ1) is 16.3. The van der Waals surface area contributed by atoms with Crippen LogP contribution in [0.25, 0.3) is 0 Å². The molecule has 4 unspecified atom stereocenters. The van der Waals surface area contributed by atoms with Crippen molar-refractivity contribution in [2.45, 2.75) is 76.5 Å². The lowest BCUT2D eigenvalue weighted by Gasteiger charge is -2.25. The van der Waals surface area contributed by atoms with Crippen LogP contribution in [0.3, 0.4) is 0 Å². The van der Waals surface area contributed by atoms with E-state index >= 15 is 0 Å². The third kappa shape index (κ3) is 14.2. The van der Waals surface area contributed by atoms with Crippen LogP contribution in [-0.4, -0.2) is 82.0 Å². The molecule has 0 aromatic heterocycles. The van der Waals surface area contributed by atoms with Gasteiger partial charge in [0.15, 0.2) is 0 Å². The highest BCUT2D eigenvalue weighted by Crippen LogP contribution is 2.07. The SMILES string of the molecule is CSCCC(NC(=O)C(CCC(N)=O)NC(=O)C(CCC(=O)O)NC(=O)C(N)CC(C)C)C(=O)O. The van der Waals surface area contributed by atoms with Gasteiger partial charge in [0.1, 0.15) is 18.1 Å². The molecule has 0 aromatic rings. The summed E-state index contributed by atoms with van der Waals surface area (Å²) >= 11 is 1.39. The molecule has 14 heteroatoms. The molecule has 0 rings (SSSR count). The molecule has 35 heavy (non-hydrogen) atoms. The maximum Gasteiger partial charge on any atom is 0.326 e. The van der Waals surface area contributed by atoms with E-state index in [2.05, 4.69) is 16.0 Å². The van der Waals surface area contributed by atoms with Crippen molar-refractivity contribution in [2.24, 2.45) is 17.4 Å². The average molecular weight is 520 g/mol. The van der Waals surface area contributed by atoms with Crippen molar-refractivity contribution in [2.75, 3.05) is 12.0 Å². The van der Waals surface area contributed by atoms with Gasteiger partial charge in [-0.1, -0.05) is 13.8 Å². The molecule has 0 aliphatic carbocycles. The summed E-state index contributed by atoms with van der Waals surface area (Å²) in [5, 5.41) is 25.5. The Balaban J connectivity index is 5.59. The Labute approximate surface area is 208 Å². The minimum absolute atomic E-state index is 0.0946. The molecular weight excluding hydrogens is 482 g/mol. The van der Waals surface area contributed by atoms with Crippen LogP contribution in [0.2, 0.25) is 0 Å². The van der Waals surface area contributed by atoms with Gasteiger partial charge in [-0.3, -0.25) is 24.0 Å². The van der Waals surface area contributed by atoms with Crippen LogP contribution in [0.1, 0.15) is 52.4 Å². The number of primary amides is 1. The monoisotopic (exact) mass is 519 g/mol. The first-order valence-electron chi connectivity index (χ1n) is 11.2. The molecule has 0 aliphatic rings. The first kappa shape index (κ1) is 32.1. The van der Waals surface area contributed by atoms with E-state index in [-0.39, 0.29) is 31.6 Å². The van der Waals surface area contributed by atoms with Crippen molar-refractivity contribution in [3.05, 3.63) is 0 Å². The minimum atomic E-state index is -1.35. The van der Waals surface area contributed by atoms with E-state index < -0.39 is 66.2 Å². The third-order valence-corrected chi connectivity index (χ3v) is 5.52. The summed E-state index contributed by atoms with van der Waals surface area (Å²) in [5.41, 5.74) is 11.0. The van der Waals surface area contributed by atoms with Gasteiger partial charge in [-0.2, -0.15) is 11.8 Å². The second kappa shape index (κ2) is 16.7. The van der Waals surface area contributed by atoms with Gasteiger partial charge in [-0.05, 0) is 43.6 Å². The van der Waals surface area contributed by atoms with E-state index in [0.717, 1.165) is 0 Å². The van der Waals surface area contributed by atoms with Crippen molar-refractivity contribution < 1.29 is 39.0 Å². The summed E-state index contributed by atoms with van der Waals surface area (Å²) in [6.45, 7) is 3.71. The lowest BCUT2D eigenvalue weighted by molar-refractivity contribution is -0.142. The number of carbonyl (C=O) groups is 6. The quantitative estimate of drug-likeness (QED) is 0.114. The van der Waals surface area contributed by atoms with Crippen molar-refractivity contribution in [1.82, 2.24) is 16.0 Å². The smallest absolute Gasteiger partial charge is 0.326 e. The number of nitrogens with one attached hydrogen (secondary N) is 3. The molecule has 0 heterocycles. The summed E-state index contributed by atoms with van der Waals surface area (Å²) < 4.78 is 0. The van der Waals surface area contributed by atoms with Gasteiger partial charge in [0.25, 0.3) is 0 Å². The van der Waals surface area contributed by atoms with Gasteiger partial charge in [0.2, 0.25) is 23.6 Å². The van der Waals surface area contributed by atoms with Gasteiger partial charge in [0, 0.05) is 12.8 Å². The van der Waals surface area contributed by atoms with Crippen LogP contribution in [0.15, 0.2) is 0 Å². The number of thioether (sulfide) groups is 1. The lowest BCUT2D eigenvalue weighted by Crippen LogP contribution is -2.57. The molecule has 0 saturated heterocycles. The molecular formula is C21H37N5O8S. The Morgan fingerprint density at radius 1 is 0.800 bits per heavy atom. The third-order valence-electron chi connectivity index (χ3n) is 4.88. The molecule has 4 amide bonds. The Morgan fingerprint density at radius 2 is 1.29 bits per heavy atom. The number of carboxylic acids is 2. The number of carbonyl (C=O) groups excluding carboxylic acids is 4. The zero-order valence-corrected chi connectivity index (χ0v) is 21.1. The molecule has 13 nitrogen and oxygen atoms in total. The predicted molar refractivity (Wildman–Crippen MR) is 129 cm³/mol. The average Bonchev–Trinajstić information content (AvgIpc) is 2.75. The summed E-state index contributed by atoms with van der Waals surface area (Å²) in [6, 6.07) is -4.83. The minimum Gasteiger partial charge on any atom is -0.481 e. The van der Waals surface area contributed by atoms with Gasteiger partial charge >= 0.3 is 11.9 Å². The Bertz CT molecular complexity index is 764. The van der Waals surface area contributed by atoms with Gasteiger partial charge in [-0.15, -0.1) is 0 Å². The van der Waals surface area contributed by atoms with E-state index in [1.54, 1.807) is 6.26 Å². The maximum absolute atomic E-state index is 12.9. The zero-order chi connectivity index (χ0) is 27.1. The molecule has 0 aliphatic heterocycles. The van der Waals surface area contributed by atoms with Gasteiger partial charge in [0.05, 0.1) is 6.04 Å². The maximum atomic E-state index is 12.9. The van der Waals surface area contributed by atoms with Crippen molar-refractivity contribution in [3.8, 4) is 0 Å². The van der Waals surface area contributed by atoms with Crippen LogP contribution in [0.5, 0.6) is 0 Å². The largest absolute Gasteiger partial charge is 0.481 e. The second-order valence-corrected chi connectivity index (χ2v) is 9.46. The number of aliphatic carboxylic acids is 2. The highest BCUT2D eigenvalue weighted by Gasteiger charge is 2.30. The molecule has 0 saturated carbocycles. The summed E-state index contributed by atoms with van der Waals surface area (Å²) in [6.07, 6.45) is 0.984. The van der Waals surface area contributed by atoms with E-state index in [1.165, 1.54) is 11.8 Å². The zero-order valence-electron chi connectivity index (χ0n) is 20.2. The molecule has 9 N–H and O–H groups in total. The standard InChI is InChI=1S/C21H37N5O8S/c1-11(2)10-12(22)18(30)24-14(5-7-17(28)29)19(31)25-13(4-6-16(23)27)20(32)26-15(21(33)34)8-9-35-3/h11-15H,4-10,22H2,1-3H3,(H2,23,27)(H,24,30)(H,25,31)(H,26,32)(H,28,29)(H,33,34). The fourth-order valence-corrected chi connectivity index (χ4v) is 3.49. The van der Waals surface area contributed by atoms with E-state index in [4.69, 9.17) is 16.6 Å². The first-order valence-corrected chi connectivity index (χ1v) is 12.6. The Kier molecular flexibility index (Phi) is 15.3. The van der Waals surface area contributed by atoms with Crippen molar-refractivity contribution in [3.63, 3.8) is 0 Å². The van der Waals surface area contributed by atoms with E-state index in [9.17, 15) is 33.9 Å². The van der Waals surface area contributed by atoms with Crippen LogP contribution < -0.4 is 27.4 Å². The number of hydrogen-bond donors (Lipinski definition) is 7. The lowest BCUT2D eigenvalue weighted by atomic mass is 10.0. The number of nitrogens with two attached hydrogens (primary N) is 2. The number of rotatable bonds is 18. The van der Waals surface area contributed by atoms with Crippen LogP contribution >= 0.6 is 11.8 Å². The van der Waals surface area contributed by atoms with Crippen LogP contribution in [0.4, 0.5) is 0 Å². The highest BCUT2D eigenvalue weighted by atomic mass is 32.2. The Hall–Kier alpha value is -2.87. The molecule has 0 spiro atoms. The fraction of sp³-hybridized carbons (Fsp3) is 0.714. The number of carboxylic acid groups (broad SMARTS) is 2.